The van der Waals surface area contributed by atoms with Gasteiger partial charge in [0.05, 0.1) is 22.7 Å². The number of methoxy groups -OCH3 is 1. The average molecular weight is 251 g/mol. The van der Waals surface area contributed by atoms with Crippen LogP contribution in [-0.2, 0) is 4.74 Å². The minimum atomic E-state index is -0.443. The van der Waals surface area contributed by atoms with E-state index in [4.69, 9.17) is 23.2 Å². The van der Waals surface area contributed by atoms with Gasteiger partial charge in [-0.2, -0.15) is 0 Å². The van der Waals surface area contributed by atoms with Crippen LogP contribution in [0.1, 0.15) is 10.4 Å². The molecule has 76 valence electrons. The molecule has 1 aromatic rings. The maximum atomic E-state index is 11.2. The highest BCUT2D eigenvalue weighted by Crippen LogP contribution is 2.33. The summed E-state index contributed by atoms with van der Waals surface area (Å²) in [6.45, 7) is 0. The summed E-state index contributed by atoms with van der Waals surface area (Å²) in [5, 5.41) is 0.927. The van der Waals surface area contributed by atoms with Gasteiger partial charge in [0.1, 0.15) is 0 Å². The summed E-state index contributed by atoms with van der Waals surface area (Å²) in [5.41, 5.74) is 0.361. The van der Waals surface area contributed by atoms with Crippen molar-refractivity contribution >= 4 is 40.9 Å². The SMILES string of the molecule is COC(=O)c1cc(Cl)c(SC)c(Cl)c1. The lowest BCUT2D eigenvalue weighted by atomic mass is 10.2. The number of hydrogen-bond acceptors (Lipinski definition) is 3. The number of carbonyl (C=O) groups excluding carboxylic acids is 1. The predicted octanol–water partition coefficient (Wildman–Crippen LogP) is 3.50. The van der Waals surface area contributed by atoms with Crippen LogP contribution in [0.15, 0.2) is 17.0 Å². The van der Waals surface area contributed by atoms with Gasteiger partial charge in [-0.25, -0.2) is 4.79 Å². The van der Waals surface area contributed by atoms with Gasteiger partial charge in [0.15, 0.2) is 0 Å². The molecule has 0 heterocycles. The molecule has 0 aliphatic carbocycles. The van der Waals surface area contributed by atoms with Gasteiger partial charge in [-0.3, -0.25) is 0 Å². The maximum Gasteiger partial charge on any atom is 0.337 e. The average Bonchev–Trinajstić information content (AvgIpc) is 2.16. The number of ether oxygens (including phenoxy) is 1. The highest BCUT2D eigenvalue weighted by molar-refractivity contribution is 7.98. The Hall–Kier alpha value is -0.380. The third-order valence-electron chi connectivity index (χ3n) is 1.62. The van der Waals surface area contributed by atoms with E-state index in [-0.39, 0.29) is 0 Å². The summed E-state index contributed by atoms with van der Waals surface area (Å²) in [6, 6.07) is 3.09. The van der Waals surface area contributed by atoms with Gasteiger partial charge in [0, 0.05) is 4.90 Å². The third-order valence-corrected chi connectivity index (χ3v) is 3.29. The molecule has 2 nitrogen and oxygen atoms in total. The van der Waals surface area contributed by atoms with Gasteiger partial charge < -0.3 is 4.74 Å². The summed E-state index contributed by atoms with van der Waals surface area (Å²) >= 11 is 13.3. The standard InChI is InChI=1S/C9H8Cl2O2S/c1-13-9(12)5-3-6(10)8(14-2)7(11)4-5/h3-4H,1-2H3. The van der Waals surface area contributed by atoms with Crippen LogP contribution in [-0.4, -0.2) is 19.3 Å². The molecule has 0 aliphatic rings. The van der Waals surface area contributed by atoms with E-state index in [1.807, 2.05) is 6.26 Å². The van der Waals surface area contributed by atoms with E-state index in [0.717, 1.165) is 4.90 Å². The van der Waals surface area contributed by atoms with Crippen molar-refractivity contribution in [1.82, 2.24) is 0 Å². The van der Waals surface area contributed by atoms with Crippen LogP contribution in [0.4, 0.5) is 0 Å². The summed E-state index contributed by atoms with van der Waals surface area (Å²) in [6.07, 6.45) is 1.87. The fourth-order valence-electron chi connectivity index (χ4n) is 0.991. The van der Waals surface area contributed by atoms with Crippen LogP contribution in [0.5, 0.6) is 0 Å². The van der Waals surface area contributed by atoms with Crippen LogP contribution < -0.4 is 0 Å². The highest BCUT2D eigenvalue weighted by atomic mass is 35.5. The second-order valence-electron chi connectivity index (χ2n) is 2.46. The van der Waals surface area contributed by atoms with E-state index in [1.54, 1.807) is 12.1 Å². The van der Waals surface area contributed by atoms with Crippen LogP contribution in [0.2, 0.25) is 10.0 Å². The molecule has 0 amide bonds. The van der Waals surface area contributed by atoms with Gasteiger partial charge in [0.2, 0.25) is 0 Å². The Kier molecular flexibility index (Phi) is 4.11. The molecule has 0 fully saturated rings. The zero-order valence-electron chi connectivity index (χ0n) is 7.64. The van der Waals surface area contributed by atoms with E-state index >= 15 is 0 Å². The maximum absolute atomic E-state index is 11.2. The first-order valence-electron chi connectivity index (χ1n) is 3.71. The van der Waals surface area contributed by atoms with Crippen molar-refractivity contribution in [1.29, 1.82) is 0 Å². The molecule has 0 unspecified atom stereocenters. The van der Waals surface area contributed by atoms with Crippen molar-refractivity contribution in [2.75, 3.05) is 13.4 Å². The number of carbonyl (C=O) groups is 1. The zero-order chi connectivity index (χ0) is 10.7. The first-order chi connectivity index (χ1) is 6.60. The lowest BCUT2D eigenvalue weighted by Crippen LogP contribution is -2.01. The minimum absolute atomic E-state index is 0.361. The van der Waals surface area contributed by atoms with E-state index in [0.29, 0.717) is 15.6 Å². The first-order valence-corrected chi connectivity index (χ1v) is 5.69. The Labute approximate surface area is 96.5 Å². The van der Waals surface area contributed by atoms with E-state index in [1.165, 1.54) is 18.9 Å². The van der Waals surface area contributed by atoms with Crippen molar-refractivity contribution in [3.05, 3.63) is 27.7 Å². The first kappa shape index (κ1) is 11.7. The molecular formula is C9H8Cl2O2S. The Morgan fingerprint density at radius 3 is 2.21 bits per heavy atom. The smallest absolute Gasteiger partial charge is 0.337 e. The Morgan fingerprint density at radius 1 is 1.36 bits per heavy atom. The summed E-state index contributed by atoms with van der Waals surface area (Å²) < 4.78 is 4.56. The monoisotopic (exact) mass is 250 g/mol. The fraction of sp³-hybridized carbons (Fsp3) is 0.222. The molecule has 1 aromatic carbocycles. The van der Waals surface area contributed by atoms with Crippen molar-refractivity contribution in [2.24, 2.45) is 0 Å². The van der Waals surface area contributed by atoms with E-state index < -0.39 is 5.97 Å². The summed E-state index contributed by atoms with van der Waals surface area (Å²) in [7, 11) is 1.31. The molecule has 0 aromatic heterocycles. The number of hydrogen-bond donors (Lipinski definition) is 0. The second-order valence-corrected chi connectivity index (χ2v) is 4.10. The Morgan fingerprint density at radius 2 is 1.86 bits per heavy atom. The molecule has 0 aliphatic heterocycles. The summed E-state index contributed by atoms with van der Waals surface area (Å²) in [5.74, 6) is -0.443. The number of rotatable bonds is 2. The molecule has 0 atom stereocenters. The molecule has 1 rings (SSSR count). The van der Waals surface area contributed by atoms with Gasteiger partial charge in [0.25, 0.3) is 0 Å². The largest absolute Gasteiger partial charge is 0.465 e. The van der Waals surface area contributed by atoms with Crippen molar-refractivity contribution in [3.63, 3.8) is 0 Å². The van der Waals surface area contributed by atoms with Crippen LogP contribution in [0.3, 0.4) is 0 Å². The van der Waals surface area contributed by atoms with Crippen LogP contribution in [0, 0.1) is 0 Å². The highest BCUT2D eigenvalue weighted by Gasteiger charge is 2.12. The van der Waals surface area contributed by atoms with Gasteiger partial charge in [-0.05, 0) is 18.4 Å². The molecule has 0 N–H and O–H groups in total. The Bertz CT molecular complexity index is 343. The van der Waals surface area contributed by atoms with Gasteiger partial charge in [-0.1, -0.05) is 23.2 Å². The van der Waals surface area contributed by atoms with E-state index in [2.05, 4.69) is 4.74 Å². The van der Waals surface area contributed by atoms with Crippen LogP contribution in [0.25, 0.3) is 0 Å². The number of benzene rings is 1. The number of halogens is 2. The van der Waals surface area contributed by atoms with E-state index in [9.17, 15) is 4.79 Å². The molecule has 5 heteroatoms. The minimum Gasteiger partial charge on any atom is -0.465 e. The zero-order valence-corrected chi connectivity index (χ0v) is 9.96. The molecule has 0 radical (unpaired) electrons. The summed E-state index contributed by atoms with van der Waals surface area (Å²) in [4.78, 5) is 11.9. The lowest BCUT2D eigenvalue weighted by Gasteiger charge is -2.06. The molecule has 0 saturated heterocycles. The predicted molar refractivity (Wildman–Crippen MR) is 59.6 cm³/mol. The molecule has 14 heavy (non-hydrogen) atoms. The molecular weight excluding hydrogens is 243 g/mol. The molecule has 0 saturated carbocycles. The number of thioether (sulfide) groups is 1. The van der Waals surface area contributed by atoms with Gasteiger partial charge in [-0.15, -0.1) is 11.8 Å². The fourth-order valence-corrected chi connectivity index (χ4v) is 2.45. The molecule has 0 spiro atoms. The third kappa shape index (κ3) is 2.35. The second kappa shape index (κ2) is 4.91. The molecule has 0 bridgehead atoms. The lowest BCUT2D eigenvalue weighted by molar-refractivity contribution is 0.0600. The van der Waals surface area contributed by atoms with Crippen molar-refractivity contribution in [3.8, 4) is 0 Å². The van der Waals surface area contributed by atoms with Crippen molar-refractivity contribution < 1.29 is 9.53 Å². The van der Waals surface area contributed by atoms with Crippen LogP contribution >= 0.6 is 35.0 Å². The normalized spacial score (nSPS) is 10.0. The topological polar surface area (TPSA) is 26.3 Å². The van der Waals surface area contributed by atoms with Gasteiger partial charge >= 0.3 is 5.97 Å². The van der Waals surface area contributed by atoms with Crippen molar-refractivity contribution in [2.45, 2.75) is 4.90 Å². The number of esters is 1. The quantitative estimate of drug-likeness (QED) is 0.594. The Balaban J connectivity index is 3.20.